The average Bonchev–Trinajstić information content (AvgIpc) is 2.14. The molecule has 0 aliphatic heterocycles. The van der Waals surface area contributed by atoms with Crippen molar-refractivity contribution in [2.75, 3.05) is 0 Å². The maximum absolute atomic E-state index is 10.6. The van der Waals surface area contributed by atoms with Crippen molar-refractivity contribution < 1.29 is 4.79 Å². The number of carbonyl (C=O) groups is 1. The zero-order chi connectivity index (χ0) is 9.52. The van der Waals surface area contributed by atoms with Crippen LogP contribution in [0.25, 0.3) is 0 Å². The predicted molar refractivity (Wildman–Crippen MR) is 59.0 cm³/mol. The molecule has 13 heavy (non-hydrogen) atoms. The third-order valence-corrected chi connectivity index (χ3v) is 3.20. The normalized spacial score (nSPS) is 18.8. The molecule has 76 valence electrons. The standard InChI is InChI=1S/C11H20OS/c12-11(13)9-5-4-8-10-6-2-1-3-7-10/h10H,1-9H2,(H,12,13). The van der Waals surface area contributed by atoms with Crippen LogP contribution in [0.2, 0.25) is 0 Å². The molecule has 0 radical (unpaired) electrons. The van der Waals surface area contributed by atoms with E-state index in [9.17, 15) is 4.79 Å². The minimum atomic E-state index is 0.0450. The fourth-order valence-corrected chi connectivity index (χ4v) is 2.34. The second-order valence-electron chi connectivity index (χ2n) is 4.14. The van der Waals surface area contributed by atoms with Gasteiger partial charge in [-0.15, -0.1) is 12.6 Å². The molecule has 0 amide bonds. The molecular formula is C11H20OS. The van der Waals surface area contributed by atoms with E-state index in [-0.39, 0.29) is 5.12 Å². The molecule has 0 aromatic rings. The van der Waals surface area contributed by atoms with Crippen molar-refractivity contribution in [1.29, 1.82) is 0 Å². The van der Waals surface area contributed by atoms with Gasteiger partial charge in [0.15, 0.2) is 5.12 Å². The van der Waals surface area contributed by atoms with Crippen molar-refractivity contribution in [2.45, 2.75) is 57.8 Å². The van der Waals surface area contributed by atoms with Gasteiger partial charge >= 0.3 is 0 Å². The van der Waals surface area contributed by atoms with Gasteiger partial charge in [0.05, 0.1) is 0 Å². The van der Waals surface area contributed by atoms with E-state index in [1.54, 1.807) is 0 Å². The minimum Gasteiger partial charge on any atom is -0.288 e. The van der Waals surface area contributed by atoms with Crippen LogP contribution in [0, 0.1) is 5.92 Å². The Morgan fingerprint density at radius 1 is 1.15 bits per heavy atom. The zero-order valence-corrected chi connectivity index (χ0v) is 9.19. The molecular weight excluding hydrogens is 180 g/mol. The van der Waals surface area contributed by atoms with Crippen molar-refractivity contribution in [3.63, 3.8) is 0 Å². The Kier molecular flexibility index (Phi) is 5.52. The maximum atomic E-state index is 10.6. The van der Waals surface area contributed by atoms with Crippen molar-refractivity contribution in [3.8, 4) is 0 Å². The van der Waals surface area contributed by atoms with Crippen LogP contribution in [-0.4, -0.2) is 5.12 Å². The first kappa shape index (κ1) is 11.1. The number of thiol groups is 1. The molecule has 0 aromatic carbocycles. The number of rotatable bonds is 5. The summed E-state index contributed by atoms with van der Waals surface area (Å²) < 4.78 is 0. The number of hydrogen-bond acceptors (Lipinski definition) is 1. The highest BCUT2D eigenvalue weighted by Gasteiger charge is 2.12. The van der Waals surface area contributed by atoms with Crippen LogP contribution >= 0.6 is 12.6 Å². The van der Waals surface area contributed by atoms with Gasteiger partial charge in [0, 0.05) is 6.42 Å². The molecule has 0 bridgehead atoms. The first-order valence-electron chi connectivity index (χ1n) is 5.51. The SMILES string of the molecule is O=C(S)CCCCC1CCCCC1. The van der Waals surface area contributed by atoms with Gasteiger partial charge in [0.1, 0.15) is 0 Å². The smallest absolute Gasteiger partial charge is 0.185 e. The fourth-order valence-electron chi connectivity index (χ4n) is 2.19. The lowest BCUT2D eigenvalue weighted by molar-refractivity contribution is -0.110. The highest BCUT2D eigenvalue weighted by Crippen LogP contribution is 2.27. The Morgan fingerprint density at radius 2 is 1.85 bits per heavy atom. The third-order valence-electron chi connectivity index (χ3n) is 2.98. The summed E-state index contributed by atoms with van der Waals surface area (Å²) in [6.45, 7) is 0. The van der Waals surface area contributed by atoms with Crippen LogP contribution in [0.1, 0.15) is 57.8 Å². The Labute approximate surface area is 86.7 Å². The average molecular weight is 200 g/mol. The summed E-state index contributed by atoms with van der Waals surface area (Å²) in [6.07, 6.45) is 11.4. The molecule has 1 rings (SSSR count). The summed E-state index contributed by atoms with van der Waals surface area (Å²) >= 11 is 3.76. The van der Waals surface area contributed by atoms with Gasteiger partial charge in [-0.3, -0.25) is 4.79 Å². The summed E-state index contributed by atoms with van der Waals surface area (Å²) in [4.78, 5) is 10.6. The molecule has 0 saturated heterocycles. The maximum Gasteiger partial charge on any atom is 0.185 e. The fraction of sp³-hybridized carbons (Fsp3) is 0.909. The van der Waals surface area contributed by atoms with Gasteiger partial charge in [-0.2, -0.15) is 0 Å². The summed E-state index contributed by atoms with van der Waals surface area (Å²) in [5.74, 6) is 0.962. The minimum absolute atomic E-state index is 0.0450. The van der Waals surface area contributed by atoms with Crippen molar-refractivity contribution >= 4 is 17.7 Å². The van der Waals surface area contributed by atoms with E-state index in [4.69, 9.17) is 0 Å². The van der Waals surface area contributed by atoms with Crippen LogP contribution in [0.5, 0.6) is 0 Å². The van der Waals surface area contributed by atoms with Crippen LogP contribution < -0.4 is 0 Å². The second-order valence-corrected chi connectivity index (χ2v) is 4.64. The Hall–Kier alpha value is 0.0200. The highest BCUT2D eigenvalue weighted by atomic mass is 32.1. The van der Waals surface area contributed by atoms with E-state index in [0.29, 0.717) is 6.42 Å². The predicted octanol–water partition coefficient (Wildman–Crippen LogP) is 3.58. The zero-order valence-electron chi connectivity index (χ0n) is 8.30. The molecule has 1 aliphatic carbocycles. The first-order valence-corrected chi connectivity index (χ1v) is 5.95. The van der Waals surface area contributed by atoms with E-state index < -0.39 is 0 Å². The van der Waals surface area contributed by atoms with Crippen LogP contribution in [-0.2, 0) is 4.79 Å². The first-order chi connectivity index (χ1) is 6.29. The van der Waals surface area contributed by atoms with Crippen LogP contribution in [0.4, 0.5) is 0 Å². The molecule has 0 atom stereocenters. The topological polar surface area (TPSA) is 17.1 Å². The monoisotopic (exact) mass is 200 g/mol. The van der Waals surface area contributed by atoms with Gasteiger partial charge in [-0.25, -0.2) is 0 Å². The highest BCUT2D eigenvalue weighted by molar-refractivity contribution is 7.96. The number of carbonyl (C=O) groups excluding carboxylic acids is 1. The number of hydrogen-bond donors (Lipinski definition) is 1. The van der Waals surface area contributed by atoms with Crippen molar-refractivity contribution in [2.24, 2.45) is 5.92 Å². The molecule has 0 heterocycles. The summed E-state index contributed by atoms with van der Waals surface area (Å²) in [7, 11) is 0. The van der Waals surface area contributed by atoms with E-state index in [1.165, 1.54) is 44.9 Å². The molecule has 2 heteroatoms. The summed E-state index contributed by atoms with van der Waals surface area (Å²) in [5.41, 5.74) is 0. The lowest BCUT2D eigenvalue weighted by Gasteiger charge is -2.20. The van der Waals surface area contributed by atoms with Gasteiger partial charge in [0.25, 0.3) is 0 Å². The van der Waals surface area contributed by atoms with Gasteiger partial charge in [0.2, 0.25) is 0 Å². The molecule has 1 aliphatic rings. The van der Waals surface area contributed by atoms with Gasteiger partial charge in [-0.05, 0) is 12.3 Å². The molecule has 0 aromatic heterocycles. The Bertz CT molecular complexity index is 150. The molecule has 0 unspecified atom stereocenters. The van der Waals surface area contributed by atoms with E-state index in [0.717, 1.165) is 12.3 Å². The van der Waals surface area contributed by atoms with E-state index in [1.807, 2.05) is 0 Å². The molecule has 0 N–H and O–H groups in total. The van der Waals surface area contributed by atoms with E-state index >= 15 is 0 Å². The molecule has 1 fully saturated rings. The Morgan fingerprint density at radius 3 is 2.46 bits per heavy atom. The lowest BCUT2D eigenvalue weighted by Crippen LogP contribution is -2.05. The molecule has 1 nitrogen and oxygen atoms in total. The summed E-state index contributed by atoms with van der Waals surface area (Å²) in [6, 6.07) is 0. The quantitative estimate of drug-likeness (QED) is 0.530. The molecule has 0 spiro atoms. The largest absolute Gasteiger partial charge is 0.288 e. The Balaban J connectivity index is 1.95. The van der Waals surface area contributed by atoms with Gasteiger partial charge < -0.3 is 0 Å². The third kappa shape index (κ3) is 5.35. The summed E-state index contributed by atoms with van der Waals surface area (Å²) in [5, 5.41) is 0.0450. The van der Waals surface area contributed by atoms with Crippen LogP contribution in [0.15, 0.2) is 0 Å². The van der Waals surface area contributed by atoms with Crippen molar-refractivity contribution in [1.82, 2.24) is 0 Å². The lowest BCUT2D eigenvalue weighted by atomic mass is 9.86. The second kappa shape index (κ2) is 6.47. The van der Waals surface area contributed by atoms with Gasteiger partial charge in [-0.1, -0.05) is 44.9 Å². The van der Waals surface area contributed by atoms with E-state index in [2.05, 4.69) is 12.6 Å². The molecule has 1 saturated carbocycles. The number of unbranched alkanes of at least 4 members (excludes halogenated alkanes) is 1. The van der Waals surface area contributed by atoms with Crippen molar-refractivity contribution in [3.05, 3.63) is 0 Å². The van der Waals surface area contributed by atoms with Crippen LogP contribution in [0.3, 0.4) is 0 Å².